The number of benzene rings is 1. The first-order valence-electron chi connectivity index (χ1n) is 5.38. The second-order valence-corrected chi connectivity index (χ2v) is 3.80. The number of hydrogen-bond donors (Lipinski definition) is 1. The van der Waals surface area contributed by atoms with Gasteiger partial charge in [-0.05, 0) is 24.1 Å². The summed E-state index contributed by atoms with van der Waals surface area (Å²) in [6.07, 6.45) is 5.60. The summed E-state index contributed by atoms with van der Waals surface area (Å²) in [7, 11) is 0. The van der Waals surface area contributed by atoms with Crippen LogP contribution in [-0.4, -0.2) is 15.8 Å². The molecule has 0 atom stereocenters. The van der Waals surface area contributed by atoms with Gasteiger partial charge in [-0.15, -0.1) is 0 Å². The summed E-state index contributed by atoms with van der Waals surface area (Å²) in [4.78, 5) is 19.4. The molecular weight excluding hydrogens is 214 g/mol. The minimum atomic E-state index is 0.0491. The maximum absolute atomic E-state index is 11.8. The molecule has 0 unspecified atom stereocenters. The molecule has 86 valence electrons. The molecule has 0 fully saturated rings. The van der Waals surface area contributed by atoms with Gasteiger partial charge in [0.25, 0.3) is 0 Å². The SMILES string of the molecule is Nc1cccc(CCC(=O)c2cncnc2)c1. The molecule has 17 heavy (non-hydrogen) atoms. The van der Waals surface area contributed by atoms with Crippen molar-refractivity contribution < 1.29 is 4.79 Å². The highest BCUT2D eigenvalue weighted by molar-refractivity contribution is 5.95. The van der Waals surface area contributed by atoms with Crippen molar-refractivity contribution in [2.75, 3.05) is 5.73 Å². The van der Waals surface area contributed by atoms with E-state index in [1.807, 2.05) is 24.3 Å². The van der Waals surface area contributed by atoms with Gasteiger partial charge in [0.15, 0.2) is 5.78 Å². The zero-order valence-electron chi connectivity index (χ0n) is 9.34. The van der Waals surface area contributed by atoms with Gasteiger partial charge in [-0.1, -0.05) is 12.1 Å². The number of carbonyl (C=O) groups is 1. The topological polar surface area (TPSA) is 68.9 Å². The predicted octanol–water partition coefficient (Wildman–Crippen LogP) is 1.87. The Balaban J connectivity index is 1.97. The molecule has 0 aliphatic heterocycles. The van der Waals surface area contributed by atoms with E-state index in [4.69, 9.17) is 5.73 Å². The monoisotopic (exact) mass is 227 g/mol. The molecule has 1 aromatic heterocycles. The number of nitrogens with zero attached hydrogens (tertiary/aromatic N) is 2. The maximum Gasteiger partial charge on any atom is 0.166 e. The number of hydrogen-bond acceptors (Lipinski definition) is 4. The van der Waals surface area contributed by atoms with Crippen LogP contribution in [0.25, 0.3) is 0 Å². The largest absolute Gasteiger partial charge is 0.399 e. The summed E-state index contributed by atoms with van der Waals surface area (Å²) in [5.41, 5.74) is 8.01. The molecule has 1 heterocycles. The number of ketones is 1. The zero-order chi connectivity index (χ0) is 12.1. The molecule has 0 aliphatic rings. The van der Waals surface area contributed by atoms with E-state index in [9.17, 15) is 4.79 Å². The Morgan fingerprint density at radius 3 is 2.71 bits per heavy atom. The van der Waals surface area contributed by atoms with Gasteiger partial charge in [-0.25, -0.2) is 9.97 Å². The van der Waals surface area contributed by atoms with E-state index in [1.165, 1.54) is 18.7 Å². The molecular formula is C13H13N3O. The summed E-state index contributed by atoms with van der Waals surface area (Å²) in [5.74, 6) is 0.0491. The molecule has 0 amide bonds. The summed E-state index contributed by atoms with van der Waals surface area (Å²) in [6, 6.07) is 7.57. The molecule has 4 heteroatoms. The van der Waals surface area contributed by atoms with Gasteiger partial charge in [0.1, 0.15) is 6.33 Å². The fourth-order valence-electron chi connectivity index (χ4n) is 1.59. The van der Waals surface area contributed by atoms with E-state index < -0.39 is 0 Å². The first kappa shape index (κ1) is 11.3. The number of Topliss-reactive ketones (excluding diaryl/α,β-unsaturated/α-hetero) is 1. The van der Waals surface area contributed by atoms with Gasteiger partial charge in [-0.3, -0.25) is 4.79 Å². The van der Waals surface area contributed by atoms with Gasteiger partial charge >= 0.3 is 0 Å². The van der Waals surface area contributed by atoms with Gasteiger partial charge in [-0.2, -0.15) is 0 Å². The number of nitrogen functional groups attached to an aromatic ring is 1. The van der Waals surface area contributed by atoms with Crippen LogP contribution >= 0.6 is 0 Å². The summed E-state index contributed by atoms with van der Waals surface area (Å²) in [5, 5.41) is 0. The minimum Gasteiger partial charge on any atom is -0.399 e. The fourth-order valence-corrected chi connectivity index (χ4v) is 1.59. The molecule has 0 saturated carbocycles. The van der Waals surface area contributed by atoms with Crippen LogP contribution in [-0.2, 0) is 6.42 Å². The van der Waals surface area contributed by atoms with Crippen molar-refractivity contribution in [3.05, 3.63) is 54.1 Å². The van der Waals surface area contributed by atoms with E-state index in [1.54, 1.807) is 0 Å². The molecule has 0 spiro atoms. The first-order chi connectivity index (χ1) is 8.25. The number of aryl methyl sites for hydroxylation is 1. The lowest BCUT2D eigenvalue weighted by Gasteiger charge is -2.02. The second-order valence-electron chi connectivity index (χ2n) is 3.80. The van der Waals surface area contributed by atoms with Crippen LogP contribution in [0.4, 0.5) is 5.69 Å². The Morgan fingerprint density at radius 2 is 2.00 bits per heavy atom. The third-order valence-electron chi connectivity index (χ3n) is 2.47. The molecule has 1 aromatic carbocycles. The Labute approximate surface area is 99.5 Å². The third-order valence-corrected chi connectivity index (χ3v) is 2.47. The molecule has 2 N–H and O–H groups in total. The fraction of sp³-hybridized carbons (Fsp3) is 0.154. The molecule has 0 aliphatic carbocycles. The van der Waals surface area contributed by atoms with Crippen LogP contribution in [0.5, 0.6) is 0 Å². The Hall–Kier alpha value is -2.23. The van der Waals surface area contributed by atoms with Crippen LogP contribution < -0.4 is 5.73 Å². The molecule has 0 radical (unpaired) electrons. The normalized spacial score (nSPS) is 10.1. The minimum absolute atomic E-state index is 0.0491. The lowest BCUT2D eigenvalue weighted by Crippen LogP contribution is -2.02. The van der Waals surface area contributed by atoms with E-state index in [-0.39, 0.29) is 5.78 Å². The lowest BCUT2D eigenvalue weighted by molar-refractivity contribution is 0.0982. The highest BCUT2D eigenvalue weighted by Crippen LogP contribution is 2.10. The van der Waals surface area contributed by atoms with Crippen LogP contribution in [0.1, 0.15) is 22.3 Å². The van der Waals surface area contributed by atoms with Gasteiger partial charge in [0, 0.05) is 24.5 Å². The number of rotatable bonds is 4. The van der Waals surface area contributed by atoms with E-state index in [2.05, 4.69) is 9.97 Å². The van der Waals surface area contributed by atoms with Crippen LogP contribution in [0, 0.1) is 0 Å². The third kappa shape index (κ3) is 3.11. The average Bonchev–Trinajstić information content (AvgIpc) is 2.37. The van der Waals surface area contributed by atoms with Crippen molar-refractivity contribution in [3.63, 3.8) is 0 Å². The summed E-state index contributed by atoms with van der Waals surface area (Å²) in [6.45, 7) is 0. The second kappa shape index (κ2) is 5.21. The van der Waals surface area contributed by atoms with Crippen molar-refractivity contribution in [1.29, 1.82) is 0 Å². The van der Waals surface area contributed by atoms with Crippen LogP contribution in [0.15, 0.2) is 43.0 Å². The summed E-state index contributed by atoms with van der Waals surface area (Å²) >= 11 is 0. The lowest BCUT2D eigenvalue weighted by atomic mass is 10.0. The van der Waals surface area contributed by atoms with E-state index >= 15 is 0 Å². The van der Waals surface area contributed by atoms with Crippen molar-refractivity contribution in [1.82, 2.24) is 9.97 Å². The Morgan fingerprint density at radius 1 is 1.24 bits per heavy atom. The van der Waals surface area contributed by atoms with Crippen molar-refractivity contribution in [2.24, 2.45) is 0 Å². The van der Waals surface area contributed by atoms with Gasteiger partial charge < -0.3 is 5.73 Å². The Bertz CT molecular complexity index is 511. The summed E-state index contributed by atoms with van der Waals surface area (Å²) < 4.78 is 0. The number of nitrogens with two attached hydrogens (primary N) is 1. The van der Waals surface area contributed by atoms with Crippen molar-refractivity contribution in [3.8, 4) is 0 Å². The van der Waals surface area contributed by atoms with Crippen LogP contribution in [0.3, 0.4) is 0 Å². The maximum atomic E-state index is 11.8. The Kier molecular flexibility index (Phi) is 3.45. The highest BCUT2D eigenvalue weighted by Gasteiger charge is 2.06. The number of aromatic nitrogens is 2. The molecule has 2 aromatic rings. The molecule has 2 rings (SSSR count). The van der Waals surface area contributed by atoms with Crippen molar-refractivity contribution in [2.45, 2.75) is 12.8 Å². The molecule has 4 nitrogen and oxygen atoms in total. The van der Waals surface area contributed by atoms with E-state index in [0.29, 0.717) is 18.4 Å². The molecule has 0 bridgehead atoms. The predicted molar refractivity (Wildman–Crippen MR) is 65.5 cm³/mol. The standard InChI is InChI=1S/C13H13N3O/c14-12-3-1-2-10(6-12)4-5-13(17)11-7-15-9-16-8-11/h1-3,6-9H,4-5,14H2. The van der Waals surface area contributed by atoms with Crippen LogP contribution in [0.2, 0.25) is 0 Å². The van der Waals surface area contributed by atoms with E-state index in [0.717, 1.165) is 11.3 Å². The first-order valence-corrected chi connectivity index (χ1v) is 5.38. The quantitative estimate of drug-likeness (QED) is 0.639. The van der Waals surface area contributed by atoms with Gasteiger partial charge in [0.2, 0.25) is 0 Å². The van der Waals surface area contributed by atoms with Gasteiger partial charge in [0.05, 0.1) is 5.56 Å². The number of carbonyl (C=O) groups excluding carboxylic acids is 1. The molecule has 0 saturated heterocycles. The highest BCUT2D eigenvalue weighted by atomic mass is 16.1. The zero-order valence-corrected chi connectivity index (χ0v) is 9.34. The van der Waals surface area contributed by atoms with Crippen molar-refractivity contribution >= 4 is 11.5 Å². The number of anilines is 1. The average molecular weight is 227 g/mol. The smallest absolute Gasteiger partial charge is 0.166 e.